The Balaban J connectivity index is 2.30. The molecule has 15 heavy (non-hydrogen) atoms. The van der Waals surface area contributed by atoms with Crippen LogP contribution in [0.5, 0.6) is 0 Å². The molecule has 1 aliphatic heterocycles. The molecule has 0 spiro atoms. The summed E-state index contributed by atoms with van der Waals surface area (Å²) in [7, 11) is 0. The van der Waals surface area contributed by atoms with E-state index in [-0.39, 0.29) is 6.04 Å². The molecule has 0 aliphatic carbocycles. The van der Waals surface area contributed by atoms with Gasteiger partial charge in [-0.25, -0.2) is 0 Å². The van der Waals surface area contributed by atoms with Crippen LogP contribution in [0.4, 0.5) is 0 Å². The Morgan fingerprint density at radius 3 is 3.07 bits per heavy atom. The summed E-state index contributed by atoms with van der Waals surface area (Å²) in [5.74, 6) is 0. The molecule has 1 aromatic rings. The van der Waals surface area contributed by atoms with Crippen molar-refractivity contribution in [3.63, 3.8) is 0 Å². The first kappa shape index (κ1) is 10.4. The lowest BCUT2D eigenvalue weighted by Crippen LogP contribution is -2.34. The van der Waals surface area contributed by atoms with Crippen molar-refractivity contribution >= 4 is 11.6 Å². The van der Waals surface area contributed by atoms with Crippen LogP contribution in [-0.2, 0) is 4.74 Å². The molecule has 1 heterocycles. The van der Waals surface area contributed by atoms with Gasteiger partial charge in [-0.15, -0.1) is 0 Å². The van der Waals surface area contributed by atoms with Crippen molar-refractivity contribution in [2.75, 3.05) is 19.8 Å². The highest BCUT2D eigenvalue weighted by Gasteiger charge is 2.18. The molecule has 3 nitrogen and oxygen atoms in total. The minimum atomic E-state index is 0.102. The van der Waals surface area contributed by atoms with Crippen LogP contribution in [0.1, 0.15) is 17.2 Å². The number of benzene rings is 1. The molecule has 2 rings (SSSR count). The fourth-order valence-corrected chi connectivity index (χ4v) is 1.87. The standard InChI is InChI=1S/C11H11ClN2O/c12-9-1-2-10(8(5-9)6-13)11-7-15-4-3-14-11/h1-2,5,11,14H,3-4,7H2/t11-/m1/s1. The molecule has 78 valence electrons. The molecule has 1 fully saturated rings. The van der Waals surface area contributed by atoms with Crippen molar-refractivity contribution in [1.82, 2.24) is 5.32 Å². The zero-order valence-corrected chi connectivity index (χ0v) is 8.92. The Morgan fingerprint density at radius 2 is 2.40 bits per heavy atom. The summed E-state index contributed by atoms with van der Waals surface area (Å²) in [5, 5.41) is 12.9. The molecule has 4 heteroatoms. The predicted octanol–water partition coefficient (Wildman–Crippen LogP) is 1.87. The Bertz CT molecular complexity index is 394. The number of hydrogen-bond donors (Lipinski definition) is 1. The molecule has 0 radical (unpaired) electrons. The zero-order valence-electron chi connectivity index (χ0n) is 8.16. The summed E-state index contributed by atoms with van der Waals surface area (Å²) in [4.78, 5) is 0. The topological polar surface area (TPSA) is 45.0 Å². The number of halogens is 1. The zero-order chi connectivity index (χ0) is 10.7. The van der Waals surface area contributed by atoms with E-state index in [0.717, 1.165) is 18.7 Å². The molecule has 0 bridgehead atoms. The quantitative estimate of drug-likeness (QED) is 0.789. The molecule has 1 aromatic carbocycles. The van der Waals surface area contributed by atoms with Gasteiger partial charge in [0.2, 0.25) is 0 Å². The second kappa shape index (κ2) is 4.63. The van der Waals surface area contributed by atoms with Gasteiger partial charge in [0.05, 0.1) is 30.9 Å². The van der Waals surface area contributed by atoms with Crippen LogP contribution in [0.25, 0.3) is 0 Å². The van der Waals surface area contributed by atoms with E-state index in [1.807, 2.05) is 6.07 Å². The third kappa shape index (κ3) is 2.29. The number of nitrogens with zero attached hydrogens (tertiary/aromatic N) is 1. The maximum Gasteiger partial charge on any atom is 0.0995 e. The monoisotopic (exact) mass is 222 g/mol. The number of morpholine rings is 1. The summed E-state index contributed by atoms with van der Waals surface area (Å²) in [6.07, 6.45) is 0. The van der Waals surface area contributed by atoms with Crippen molar-refractivity contribution in [3.8, 4) is 6.07 Å². The summed E-state index contributed by atoms with van der Waals surface area (Å²) in [6, 6.07) is 7.63. The molecule has 0 aromatic heterocycles. The third-order valence-corrected chi connectivity index (χ3v) is 2.67. The van der Waals surface area contributed by atoms with Gasteiger partial charge in [0.25, 0.3) is 0 Å². The van der Waals surface area contributed by atoms with Crippen molar-refractivity contribution in [2.24, 2.45) is 0 Å². The van der Waals surface area contributed by atoms with E-state index in [1.165, 1.54) is 0 Å². The highest BCUT2D eigenvalue weighted by molar-refractivity contribution is 6.30. The lowest BCUT2D eigenvalue weighted by Gasteiger charge is -2.24. The van der Waals surface area contributed by atoms with Crippen molar-refractivity contribution in [3.05, 3.63) is 34.3 Å². The van der Waals surface area contributed by atoms with Crippen LogP contribution in [0.3, 0.4) is 0 Å². The van der Waals surface area contributed by atoms with Crippen LogP contribution in [-0.4, -0.2) is 19.8 Å². The van der Waals surface area contributed by atoms with Gasteiger partial charge in [-0.2, -0.15) is 5.26 Å². The maximum atomic E-state index is 9.00. The minimum absolute atomic E-state index is 0.102. The number of rotatable bonds is 1. The second-order valence-corrected chi connectivity index (χ2v) is 3.86. The summed E-state index contributed by atoms with van der Waals surface area (Å²) < 4.78 is 5.36. The molecule has 1 saturated heterocycles. The number of nitrogens with one attached hydrogen (secondary N) is 1. The molecule has 1 N–H and O–H groups in total. The third-order valence-electron chi connectivity index (χ3n) is 2.43. The van der Waals surface area contributed by atoms with Gasteiger partial charge in [-0.1, -0.05) is 17.7 Å². The van der Waals surface area contributed by atoms with E-state index in [4.69, 9.17) is 21.6 Å². The normalized spacial score (nSPS) is 20.9. The molecule has 0 amide bonds. The smallest absolute Gasteiger partial charge is 0.0995 e. The lowest BCUT2D eigenvalue weighted by molar-refractivity contribution is 0.0768. The van der Waals surface area contributed by atoms with E-state index >= 15 is 0 Å². The SMILES string of the molecule is N#Cc1cc(Cl)ccc1[C@H]1COCCN1. The molecule has 1 atom stereocenters. The molecular formula is C11H11ClN2O. The second-order valence-electron chi connectivity index (χ2n) is 3.43. The van der Waals surface area contributed by atoms with E-state index in [1.54, 1.807) is 12.1 Å². The van der Waals surface area contributed by atoms with E-state index in [9.17, 15) is 0 Å². The van der Waals surface area contributed by atoms with Crippen LogP contribution >= 0.6 is 11.6 Å². The molecule has 0 saturated carbocycles. The average molecular weight is 223 g/mol. The van der Waals surface area contributed by atoms with Crippen LogP contribution < -0.4 is 5.32 Å². The van der Waals surface area contributed by atoms with E-state index in [2.05, 4.69) is 11.4 Å². The van der Waals surface area contributed by atoms with Crippen LogP contribution in [0.2, 0.25) is 5.02 Å². The predicted molar refractivity (Wildman–Crippen MR) is 57.7 cm³/mol. The molecule has 0 unspecified atom stereocenters. The fourth-order valence-electron chi connectivity index (χ4n) is 1.69. The van der Waals surface area contributed by atoms with Gasteiger partial charge < -0.3 is 10.1 Å². The molecule has 1 aliphatic rings. The molecular weight excluding hydrogens is 212 g/mol. The average Bonchev–Trinajstić information content (AvgIpc) is 2.30. The Labute approximate surface area is 93.6 Å². The lowest BCUT2D eigenvalue weighted by atomic mass is 10.0. The van der Waals surface area contributed by atoms with Gasteiger partial charge in [0.1, 0.15) is 0 Å². The summed E-state index contributed by atoms with van der Waals surface area (Å²) in [6.45, 7) is 2.15. The summed E-state index contributed by atoms with van der Waals surface area (Å²) in [5.41, 5.74) is 1.58. The Hall–Kier alpha value is -1.08. The largest absolute Gasteiger partial charge is 0.378 e. The first-order valence-electron chi connectivity index (χ1n) is 4.82. The van der Waals surface area contributed by atoms with Crippen LogP contribution in [0.15, 0.2) is 18.2 Å². The van der Waals surface area contributed by atoms with Crippen molar-refractivity contribution in [2.45, 2.75) is 6.04 Å². The fraction of sp³-hybridized carbons (Fsp3) is 0.364. The first-order valence-corrected chi connectivity index (χ1v) is 5.20. The van der Waals surface area contributed by atoms with Gasteiger partial charge in [0, 0.05) is 11.6 Å². The first-order chi connectivity index (χ1) is 7.31. The van der Waals surface area contributed by atoms with Gasteiger partial charge in [-0.05, 0) is 17.7 Å². The number of ether oxygens (including phenoxy) is 1. The minimum Gasteiger partial charge on any atom is -0.378 e. The number of nitriles is 1. The van der Waals surface area contributed by atoms with Gasteiger partial charge in [-0.3, -0.25) is 0 Å². The highest BCUT2D eigenvalue weighted by atomic mass is 35.5. The van der Waals surface area contributed by atoms with Gasteiger partial charge in [0.15, 0.2) is 0 Å². The number of hydrogen-bond acceptors (Lipinski definition) is 3. The Kier molecular flexibility index (Phi) is 3.22. The van der Waals surface area contributed by atoms with Crippen molar-refractivity contribution < 1.29 is 4.74 Å². The van der Waals surface area contributed by atoms with Gasteiger partial charge >= 0.3 is 0 Å². The van der Waals surface area contributed by atoms with Crippen LogP contribution in [0, 0.1) is 11.3 Å². The highest BCUT2D eigenvalue weighted by Crippen LogP contribution is 2.22. The van der Waals surface area contributed by atoms with Crippen molar-refractivity contribution in [1.29, 1.82) is 5.26 Å². The maximum absolute atomic E-state index is 9.00. The van der Waals surface area contributed by atoms with E-state index < -0.39 is 0 Å². The summed E-state index contributed by atoms with van der Waals surface area (Å²) >= 11 is 5.83. The van der Waals surface area contributed by atoms with E-state index in [0.29, 0.717) is 17.2 Å². The Morgan fingerprint density at radius 1 is 1.53 bits per heavy atom.